The lowest BCUT2D eigenvalue weighted by molar-refractivity contribution is 0.403. The fourth-order valence-corrected chi connectivity index (χ4v) is 2.21. The van der Waals surface area contributed by atoms with Crippen LogP contribution in [-0.2, 0) is 6.42 Å². The number of hydrogen-bond acceptors (Lipinski definition) is 2. The minimum absolute atomic E-state index is 0.630. The van der Waals surface area contributed by atoms with Crippen LogP contribution in [0.15, 0.2) is 12.1 Å². The van der Waals surface area contributed by atoms with Gasteiger partial charge in [0.1, 0.15) is 5.75 Å². The van der Waals surface area contributed by atoms with Gasteiger partial charge in [-0.3, -0.25) is 0 Å². The summed E-state index contributed by atoms with van der Waals surface area (Å²) in [4.78, 5) is 0. The van der Waals surface area contributed by atoms with Gasteiger partial charge < -0.3 is 10.1 Å². The molecule has 0 aliphatic carbocycles. The van der Waals surface area contributed by atoms with Crippen molar-refractivity contribution in [3.05, 3.63) is 28.8 Å². The van der Waals surface area contributed by atoms with Gasteiger partial charge in [-0.1, -0.05) is 19.9 Å². The lowest BCUT2D eigenvalue weighted by Gasteiger charge is -2.17. The molecule has 0 fully saturated rings. The number of benzene rings is 1. The molecule has 0 spiro atoms. The second-order valence-corrected chi connectivity index (χ2v) is 4.88. The summed E-state index contributed by atoms with van der Waals surface area (Å²) < 4.78 is 5.49. The van der Waals surface area contributed by atoms with Gasteiger partial charge in [-0.25, -0.2) is 0 Å². The summed E-state index contributed by atoms with van der Waals surface area (Å²) in [5.74, 6) is 1.66. The zero-order valence-electron chi connectivity index (χ0n) is 11.8. The SMILES string of the molecule is CCNCC(C)Cc1c(C)cc(C)cc1OC. The van der Waals surface area contributed by atoms with E-state index in [1.807, 2.05) is 0 Å². The van der Waals surface area contributed by atoms with Gasteiger partial charge in [0, 0.05) is 0 Å². The van der Waals surface area contributed by atoms with Crippen molar-refractivity contribution in [1.82, 2.24) is 5.32 Å². The first-order valence-corrected chi connectivity index (χ1v) is 6.43. The summed E-state index contributed by atoms with van der Waals surface area (Å²) in [5.41, 5.74) is 3.95. The monoisotopic (exact) mass is 235 g/mol. The van der Waals surface area contributed by atoms with Crippen molar-refractivity contribution in [3.8, 4) is 5.75 Å². The Labute approximate surface area is 105 Å². The molecule has 0 radical (unpaired) electrons. The molecule has 1 unspecified atom stereocenters. The van der Waals surface area contributed by atoms with E-state index < -0.39 is 0 Å². The molecule has 1 N–H and O–H groups in total. The predicted octanol–water partition coefficient (Wildman–Crippen LogP) is 3.10. The van der Waals surface area contributed by atoms with E-state index in [0.717, 1.165) is 25.3 Å². The van der Waals surface area contributed by atoms with Gasteiger partial charge in [-0.05, 0) is 62.0 Å². The van der Waals surface area contributed by atoms with Crippen molar-refractivity contribution < 1.29 is 4.74 Å². The quantitative estimate of drug-likeness (QED) is 0.818. The number of methoxy groups -OCH3 is 1. The van der Waals surface area contributed by atoms with Crippen LogP contribution in [-0.4, -0.2) is 20.2 Å². The molecule has 1 aromatic rings. The average Bonchev–Trinajstić information content (AvgIpc) is 2.29. The van der Waals surface area contributed by atoms with E-state index >= 15 is 0 Å². The van der Waals surface area contributed by atoms with Gasteiger partial charge in [-0.15, -0.1) is 0 Å². The second kappa shape index (κ2) is 6.65. The molecule has 0 amide bonds. The highest BCUT2D eigenvalue weighted by Gasteiger charge is 2.11. The molecule has 0 heterocycles. The Hall–Kier alpha value is -1.02. The summed E-state index contributed by atoms with van der Waals surface area (Å²) >= 11 is 0. The molecule has 0 bridgehead atoms. The van der Waals surface area contributed by atoms with Crippen molar-refractivity contribution in [2.75, 3.05) is 20.2 Å². The van der Waals surface area contributed by atoms with E-state index in [1.165, 1.54) is 16.7 Å². The molecule has 2 nitrogen and oxygen atoms in total. The van der Waals surface area contributed by atoms with Crippen LogP contribution in [0.4, 0.5) is 0 Å². The smallest absolute Gasteiger partial charge is 0.122 e. The van der Waals surface area contributed by atoms with Gasteiger partial charge in [0.2, 0.25) is 0 Å². The molecule has 96 valence electrons. The Morgan fingerprint density at radius 2 is 2.00 bits per heavy atom. The maximum Gasteiger partial charge on any atom is 0.122 e. The zero-order valence-corrected chi connectivity index (χ0v) is 11.8. The first kappa shape index (κ1) is 14.0. The van der Waals surface area contributed by atoms with Crippen molar-refractivity contribution in [3.63, 3.8) is 0 Å². The Morgan fingerprint density at radius 1 is 1.29 bits per heavy atom. The van der Waals surface area contributed by atoms with Crippen LogP contribution in [0.3, 0.4) is 0 Å². The zero-order chi connectivity index (χ0) is 12.8. The molecule has 0 aliphatic heterocycles. The van der Waals surface area contributed by atoms with Gasteiger partial charge >= 0.3 is 0 Å². The van der Waals surface area contributed by atoms with Gasteiger partial charge in [0.25, 0.3) is 0 Å². The van der Waals surface area contributed by atoms with Crippen molar-refractivity contribution >= 4 is 0 Å². The van der Waals surface area contributed by atoms with Crippen molar-refractivity contribution in [2.45, 2.75) is 34.1 Å². The minimum atomic E-state index is 0.630. The highest BCUT2D eigenvalue weighted by molar-refractivity contribution is 5.43. The van der Waals surface area contributed by atoms with Crippen LogP contribution in [0.25, 0.3) is 0 Å². The van der Waals surface area contributed by atoms with Gasteiger partial charge in [-0.2, -0.15) is 0 Å². The van der Waals surface area contributed by atoms with E-state index in [9.17, 15) is 0 Å². The lowest BCUT2D eigenvalue weighted by atomic mass is 9.95. The molecule has 1 rings (SSSR count). The Kier molecular flexibility index (Phi) is 5.49. The van der Waals surface area contributed by atoms with E-state index in [0.29, 0.717) is 5.92 Å². The summed E-state index contributed by atoms with van der Waals surface area (Å²) in [5, 5.41) is 3.40. The Morgan fingerprint density at radius 3 is 2.59 bits per heavy atom. The molecule has 0 aromatic heterocycles. The highest BCUT2D eigenvalue weighted by atomic mass is 16.5. The molecular weight excluding hydrogens is 210 g/mol. The Bertz CT molecular complexity index is 360. The van der Waals surface area contributed by atoms with E-state index in [1.54, 1.807) is 7.11 Å². The number of nitrogens with one attached hydrogen (secondary N) is 1. The molecule has 0 saturated heterocycles. The largest absolute Gasteiger partial charge is 0.496 e. The number of ether oxygens (including phenoxy) is 1. The molecule has 1 atom stereocenters. The standard InChI is InChI=1S/C15H25NO/c1-6-16-10-12(3)8-14-13(4)7-11(2)9-15(14)17-5/h7,9,12,16H,6,8,10H2,1-5H3. The van der Waals surface area contributed by atoms with E-state index in [-0.39, 0.29) is 0 Å². The highest BCUT2D eigenvalue weighted by Crippen LogP contribution is 2.26. The van der Waals surface area contributed by atoms with Gasteiger partial charge in [0.15, 0.2) is 0 Å². The minimum Gasteiger partial charge on any atom is -0.496 e. The molecule has 1 aromatic carbocycles. The molecular formula is C15H25NO. The molecule has 0 saturated carbocycles. The first-order chi connectivity index (χ1) is 8.08. The van der Waals surface area contributed by atoms with Crippen LogP contribution in [0, 0.1) is 19.8 Å². The van der Waals surface area contributed by atoms with Crippen LogP contribution in [0.2, 0.25) is 0 Å². The van der Waals surface area contributed by atoms with Gasteiger partial charge in [0.05, 0.1) is 7.11 Å². The first-order valence-electron chi connectivity index (χ1n) is 6.43. The van der Waals surface area contributed by atoms with Crippen LogP contribution < -0.4 is 10.1 Å². The van der Waals surface area contributed by atoms with Crippen LogP contribution in [0.1, 0.15) is 30.5 Å². The third kappa shape index (κ3) is 4.04. The van der Waals surface area contributed by atoms with Crippen molar-refractivity contribution in [2.24, 2.45) is 5.92 Å². The molecule has 0 aliphatic rings. The fraction of sp³-hybridized carbons (Fsp3) is 0.600. The summed E-state index contributed by atoms with van der Waals surface area (Å²) in [6.45, 7) is 10.8. The lowest BCUT2D eigenvalue weighted by Crippen LogP contribution is -2.22. The summed E-state index contributed by atoms with van der Waals surface area (Å²) in [6.07, 6.45) is 1.07. The molecule has 2 heteroatoms. The maximum absolute atomic E-state index is 5.49. The number of hydrogen-bond donors (Lipinski definition) is 1. The van der Waals surface area contributed by atoms with Crippen LogP contribution in [0.5, 0.6) is 5.75 Å². The summed E-state index contributed by atoms with van der Waals surface area (Å²) in [7, 11) is 1.76. The summed E-state index contributed by atoms with van der Waals surface area (Å²) in [6, 6.07) is 4.36. The Balaban J connectivity index is 2.82. The normalized spacial score (nSPS) is 12.5. The topological polar surface area (TPSA) is 21.3 Å². The van der Waals surface area contributed by atoms with Crippen molar-refractivity contribution in [1.29, 1.82) is 0 Å². The van der Waals surface area contributed by atoms with E-state index in [4.69, 9.17) is 4.74 Å². The van der Waals surface area contributed by atoms with Crippen LogP contribution >= 0.6 is 0 Å². The third-order valence-electron chi connectivity index (χ3n) is 3.09. The maximum atomic E-state index is 5.49. The fourth-order valence-electron chi connectivity index (χ4n) is 2.21. The number of aryl methyl sites for hydroxylation is 2. The average molecular weight is 235 g/mol. The number of rotatable bonds is 6. The van der Waals surface area contributed by atoms with E-state index in [2.05, 4.69) is 45.1 Å². The third-order valence-corrected chi connectivity index (χ3v) is 3.09. The molecule has 17 heavy (non-hydrogen) atoms. The second-order valence-electron chi connectivity index (χ2n) is 4.88. The predicted molar refractivity (Wildman–Crippen MR) is 73.9 cm³/mol.